The quantitative estimate of drug-likeness (QED) is 0.719. The lowest BCUT2D eigenvalue weighted by molar-refractivity contribution is 0.494. The molecule has 1 aromatic rings. The number of rotatable bonds is 3. The van der Waals surface area contributed by atoms with E-state index < -0.39 is 15.7 Å². The highest BCUT2D eigenvalue weighted by Crippen LogP contribution is 2.23. The average molecular weight is 257 g/mol. The van der Waals surface area contributed by atoms with Crippen molar-refractivity contribution in [1.29, 1.82) is 0 Å². The number of benzene rings is 1. The van der Waals surface area contributed by atoms with Crippen molar-refractivity contribution in [2.45, 2.75) is 33.2 Å². The summed E-state index contributed by atoms with van der Waals surface area (Å²) in [6.07, 6.45) is 0. The first-order chi connectivity index (χ1) is 7.61. The second kappa shape index (κ2) is 4.54. The van der Waals surface area contributed by atoms with E-state index in [4.69, 9.17) is 5.73 Å². The molecule has 0 unspecified atom stereocenters. The summed E-state index contributed by atoms with van der Waals surface area (Å²) in [4.78, 5) is 0. The standard InChI is InChI=1S/C11H19N3O2S/c1-8-6-5-7-9(12)10(8)13-17(15,16)14-11(2,3)4/h5-7,13-14H,12H2,1-4H3. The summed E-state index contributed by atoms with van der Waals surface area (Å²) in [5.41, 5.74) is 6.81. The molecule has 0 aliphatic heterocycles. The van der Waals surface area contributed by atoms with Crippen LogP contribution in [0.25, 0.3) is 0 Å². The van der Waals surface area contributed by atoms with E-state index >= 15 is 0 Å². The van der Waals surface area contributed by atoms with Crippen LogP contribution in [-0.2, 0) is 10.2 Å². The first kappa shape index (κ1) is 13.8. The van der Waals surface area contributed by atoms with Gasteiger partial charge in [0.1, 0.15) is 0 Å². The molecule has 0 bridgehead atoms. The number of aryl methyl sites for hydroxylation is 1. The Morgan fingerprint density at radius 2 is 1.82 bits per heavy atom. The van der Waals surface area contributed by atoms with Crippen LogP contribution in [-0.4, -0.2) is 14.0 Å². The van der Waals surface area contributed by atoms with Gasteiger partial charge in [0.15, 0.2) is 0 Å². The van der Waals surface area contributed by atoms with Crippen LogP contribution in [0.2, 0.25) is 0 Å². The summed E-state index contributed by atoms with van der Waals surface area (Å²) >= 11 is 0. The van der Waals surface area contributed by atoms with E-state index in [-0.39, 0.29) is 0 Å². The Labute approximate surface area is 103 Å². The molecule has 17 heavy (non-hydrogen) atoms. The van der Waals surface area contributed by atoms with Gasteiger partial charge >= 0.3 is 0 Å². The summed E-state index contributed by atoms with van der Waals surface area (Å²) in [6.45, 7) is 7.11. The molecule has 0 fully saturated rings. The van der Waals surface area contributed by atoms with Crippen molar-refractivity contribution < 1.29 is 8.42 Å². The van der Waals surface area contributed by atoms with Crippen LogP contribution in [0.15, 0.2) is 18.2 Å². The molecular weight excluding hydrogens is 238 g/mol. The number of nitrogens with two attached hydrogens (primary N) is 1. The highest BCUT2D eigenvalue weighted by molar-refractivity contribution is 7.90. The molecule has 1 aromatic carbocycles. The van der Waals surface area contributed by atoms with Crippen LogP contribution in [0.3, 0.4) is 0 Å². The number of anilines is 2. The zero-order valence-corrected chi connectivity index (χ0v) is 11.4. The monoisotopic (exact) mass is 257 g/mol. The van der Waals surface area contributed by atoms with Crippen LogP contribution in [0, 0.1) is 6.92 Å². The summed E-state index contributed by atoms with van der Waals surface area (Å²) in [5.74, 6) is 0. The van der Waals surface area contributed by atoms with Gasteiger partial charge in [0, 0.05) is 5.54 Å². The SMILES string of the molecule is Cc1cccc(N)c1NS(=O)(=O)NC(C)(C)C. The van der Waals surface area contributed by atoms with Crippen molar-refractivity contribution in [3.63, 3.8) is 0 Å². The molecule has 0 amide bonds. The smallest absolute Gasteiger partial charge is 0.299 e. The van der Waals surface area contributed by atoms with Crippen molar-refractivity contribution in [2.24, 2.45) is 0 Å². The summed E-state index contributed by atoms with van der Waals surface area (Å²) in [5, 5.41) is 0. The highest BCUT2D eigenvalue weighted by Gasteiger charge is 2.20. The zero-order chi connectivity index (χ0) is 13.3. The molecule has 5 nitrogen and oxygen atoms in total. The molecule has 1 rings (SSSR count). The van der Waals surface area contributed by atoms with Gasteiger partial charge < -0.3 is 5.73 Å². The van der Waals surface area contributed by atoms with Gasteiger partial charge in [-0.15, -0.1) is 0 Å². The second-order valence-electron chi connectivity index (χ2n) is 5.00. The maximum atomic E-state index is 11.8. The fourth-order valence-corrected chi connectivity index (χ4v) is 2.80. The Morgan fingerprint density at radius 3 is 2.29 bits per heavy atom. The van der Waals surface area contributed by atoms with Gasteiger partial charge in [-0.25, -0.2) is 0 Å². The number of hydrogen-bond donors (Lipinski definition) is 3. The summed E-state index contributed by atoms with van der Waals surface area (Å²) in [6, 6.07) is 5.23. The highest BCUT2D eigenvalue weighted by atomic mass is 32.2. The molecule has 96 valence electrons. The third-order valence-corrected chi connectivity index (χ3v) is 3.34. The fourth-order valence-electron chi connectivity index (χ4n) is 1.39. The Bertz CT molecular complexity index is 484. The van der Waals surface area contributed by atoms with Gasteiger partial charge in [0.2, 0.25) is 0 Å². The second-order valence-corrected chi connectivity index (χ2v) is 6.41. The maximum Gasteiger partial charge on any atom is 0.299 e. The Morgan fingerprint density at radius 1 is 1.24 bits per heavy atom. The van der Waals surface area contributed by atoms with E-state index in [0.717, 1.165) is 5.56 Å². The van der Waals surface area contributed by atoms with Gasteiger partial charge in [-0.2, -0.15) is 13.1 Å². The molecule has 0 heterocycles. The van der Waals surface area contributed by atoms with Gasteiger partial charge in [0.25, 0.3) is 10.2 Å². The third kappa shape index (κ3) is 4.24. The van der Waals surface area contributed by atoms with Gasteiger partial charge in [-0.3, -0.25) is 4.72 Å². The van der Waals surface area contributed by atoms with Crippen molar-refractivity contribution >= 4 is 21.6 Å². The normalized spacial score (nSPS) is 12.5. The van der Waals surface area contributed by atoms with E-state index in [2.05, 4.69) is 9.44 Å². The minimum Gasteiger partial charge on any atom is -0.397 e. The van der Waals surface area contributed by atoms with Crippen LogP contribution in [0.5, 0.6) is 0 Å². The van der Waals surface area contributed by atoms with E-state index in [1.165, 1.54) is 0 Å². The molecule has 0 saturated carbocycles. The number of nitrogens with one attached hydrogen (secondary N) is 2. The molecule has 6 heteroatoms. The van der Waals surface area contributed by atoms with E-state index in [1.807, 2.05) is 0 Å². The topological polar surface area (TPSA) is 84.2 Å². The molecule has 4 N–H and O–H groups in total. The number of hydrogen-bond acceptors (Lipinski definition) is 3. The van der Waals surface area contributed by atoms with E-state index in [0.29, 0.717) is 11.4 Å². The molecule has 0 aliphatic rings. The molecule has 0 atom stereocenters. The molecule has 0 radical (unpaired) electrons. The molecule has 0 saturated heterocycles. The minimum absolute atomic E-state index is 0.407. The van der Waals surface area contributed by atoms with E-state index in [1.54, 1.807) is 45.9 Å². The lowest BCUT2D eigenvalue weighted by Crippen LogP contribution is -2.43. The fraction of sp³-hybridized carbons (Fsp3) is 0.455. The van der Waals surface area contributed by atoms with Crippen LogP contribution >= 0.6 is 0 Å². The first-order valence-corrected chi connectivity index (χ1v) is 6.76. The lowest BCUT2D eigenvalue weighted by Gasteiger charge is -2.22. The van der Waals surface area contributed by atoms with Gasteiger partial charge in [0.05, 0.1) is 11.4 Å². The minimum atomic E-state index is -3.62. The first-order valence-electron chi connectivity index (χ1n) is 5.27. The Hall–Kier alpha value is -1.27. The summed E-state index contributed by atoms with van der Waals surface area (Å²) in [7, 11) is -3.62. The predicted octanol–water partition coefficient (Wildman–Crippen LogP) is 1.62. The van der Waals surface area contributed by atoms with E-state index in [9.17, 15) is 8.42 Å². The maximum absolute atomic E-state index is 11.8. The lowest BCUT2D eigenvalue weighted by atomic mass is 10.1. The van der Waals surface area contributed by atoms with Crippen LogP contribution in [0.1, 0.15) is 26.3 Å². The van der Waals surface area contributed by atoms with Crippen molar-refractivity contribution in [3.05, 3.63) is 23.8 Å². The Balaban J connectivity index is 2.99. The van der Waals surface area contributed by atoms with Gasteiger partial charge in [-0.05, 0) is 39.3 Å². The summed E-state index contributed by atoms with van der Waals surface area (Å²) < 4.78 is 28.6. The van der Waals surface area contributed by atoms with Crippen molar-refractivity contribution in [3.8, 4) is 0 Å². The molecule has 0 spiro atoms. The molecular formula is C11H19N3O2S. The zero-order valence-electron chi connectivity index (χ0n) is 10.5. The largest absolute Gasteiger partial charge is 0.397 e. The molecule has 0 aliphatic carbocycles. The van der Waals surface area contributed by atoms with Crippen molar-refractivity contribution in [2.75, 3.05) is 10.5 Å². The number of para-hydroxylation sites is 1. The van der Waals surface area contributed by atoms with Crippen LogP contribution in [0.4, 0.5) is 11.4 Å². The average Bonchev–Trinajstić information content (AvgIpc) is 2.07. The predicted molar refractivity (Wildman–Crippen MR) is 71.0 cm³/mol. The third-order valence-electron chi connectivity index (χ3n) is 1.98. The van der Waals surface area contributed by atoms with Crippen LogP contribution < -0.4 is 15.2 Å². The van der Waals surface area contributed by atoms with Crippen molar-refractivity contribution in [1.82, 2.24) is 4.72 Å². The number of nitrogen functional groups attached to an aromatic ring is 1. The Kier molecular flexibility index (Phi) is 3.68. The molecule has 0 aromatic heterocycles. The van der Waals surface area contributed by atoms with Gasteiger partial charge in [-0.1, -0.05) is 12.1 Å².